The minimum atomic E-state index is -0.777. The van der Waals surface area contributed by atoms with E-state index in [2.05, 4.69) is 20.7 Å². The summed E-state index contributed by atoms with van der Waals surface area (Å²) in [6, 6.07) is 11.5. The third-order valence-electron chi connectivity index (χ3n) is 4.95. The van der Waals surface area contributed by atoms with Crippen molar-refractivity contribution >= 4 is 17.5 Å². The Morgan fingerprint density at radius 2 is 1.97 bits per heavy atom. The number of halogens is 1. The van der Waals surface area contributed by atoms with E-state index in [1.165, 1.54) is 6.07 Å². The van der Waals surface area contributed by atoms with Crippen LogP contribution in [0.4, 0.5) is 15.0 Å². The van der Waals surface area contributed by atoms with Crippen molar-refractivity contribution in [2.75, 3.05) is 11.9 Å². The van der Waals surface area contributed by atoms with Crippen molar-refractivity contribution in [2.24, 2.45) is 0 Å². The molecule has 0 aliphatic carbocycles. The summed E-state index contributed by atoms with van der Waals surface area (Å²) in [5.74, 6) is 0.0326. The lowest BCUT2D eigenvalue weighted by atomic mass is 10.0. The molecule has 0 aliphatic heterocycles. The molecular weight excluding hydrogens is 411 g/mol. The second kappa shape index (κ2) is 8.35. The van der Waals surface area contributed by atoms with Gasteiger partial charge in [-0.25, -0.2) is 23.7 Å². The van der Waals surface area contributed by atoms with Crippen LogP contribution in [-0.2, 0) is 0 Å². The molecule has 0 radical (unpaired) electrons. The number of hydrogen-bond acceptors (Lipinski definition) is 5. The van der Waals surface area contributed by atoms with Gasteiger partial charge in [0.05, 0.1) is 17.8 Å². The largest absolute Gasteiger partial charge is 0.394 e. The number of aryl methyl sites for hydroxylation is 1. The van der Waals surface area contributed by atoms with E-state index in [0.29, 0.717) is 28.4 Å². The number of anilines is 1. The molecule has 0 bridgehead atoms. The van der Waals surface area contributed by atoms with Crippen LogP contribution in [0.3, 0.4) is 0 Å². The van der Waals surface area contributed by atoms with Crippen molar-refractivity contribution in [1.29, 1.82) is 0 Å². The van der Waals surface area contributed by atoms with Crippen molar-refractivity contribution in [2.45, 2.75) is 26.3 Å². The summed E-state index contributed by atoms with van der Waals surface area (Å²) in [5, 5.41) is 19.2. The number of urea groups is 1. The maximum atomic E-state index is 13.9. The fourth-order valence-corrected chi connectivity index (χ4v) is 3.28. The summed E-state index contributed by atoms with van der Waals surface area (Å²) in [6.07, 6.45) is 3.23. The molecule has 32 heavy (non-hydrogen) atoms. The first-order valence-corrected chi connectivity index (χ1v) is 10.0. The van der Waals surface area contributed by atoms with Crippen LogP contribution in [0, 0.1) is 12.7 Å². The fourth-order valence-electron chi connectivity index (χ4n) is 3.28. The molecule has 9 heteroatoms. The normalized spacial score (nSPS) is 11.5. The number of pyridine rings is 1. The number of imidazole rings is 1. The minimum Gasteiger partial charge on any atom is -0.394 e. The predicted molar refractivity (Wildman–Crippen MR) is 120 cm³/mol. The Balaban J connectivity index is 1.77. The molecule has 0 aliphatic rings. The maximum absolute atomic E-state index is 13.9. The van der Waals surface area contributed by atoms with Crippen LogP contribution in [0.2, 0.25) is 0 Å². The zero-order valence-electron chi connectivity index (χ0n) is 17.9. The Morgan fingerprint density at radius 3 is 2.72 bits per heavy atom. The van der Waals surface area contributed by atoms with Crippen molar-refractivity contribution in [3.8, 4) is 22.5 Å². The third-order valence-corrected chi connectivity index (χ3v) is 4.95. The topological polar surface area (TPSA) is 104 Å². The molecule has 4 rings (SSSR count). The molecule has 0 spiro atoms. The summed E-state index contributed by atoms with van der Waals surface area (Å²) in [7, 11) is 0. The predicted octanol–water partition coefficient (Wildman–Crippen LogP) is 3.80. The molecule has 4 aromatic rings. The molecule has 3 heterocycles. The van der Waals surface area contributed by atoms with Crippen LogP contribution in [0.5, 0.6) is 0 Å². The Hall–Kier alpha value is -3.85. The maximum Gasteiger partial charge on any atom is 0.320 e. The molecule has 3 N–H and O–H groups in total. The lowest BCUT2D eigenvalue weighted by Crippen LogP contribution is -2.48. The highest BCUT2D eigenvalue weighted by Gasteiger charge is 2.21. The van der Waals surface area contributed by atoms with Gasteiger partial charge in [-0.15, -0.1) is 0 Å². The van der Waals surface area contributed by atoms with Crippen LogP contribution in [0.1, 0.15) is 19.4 Å². The van der Waals surface area contributed by atoms with Gasteiger partial charge in [0.1, 0.15) is 17.3 Å². The van der Waals surface area contributed by atoms with Crippen molar-refractivity contribution in [3.63, 3.8) is 0 Å². The lowest BCUT2D eigenvalue weighted by Gasteiger charge is -2.23. The highest BCUT2D eigenvalue weighted by molar-refractivity contribution is 5.90. The summed E-state index contributed by atoms with van der Waals surface area (Å²) in [6.45, 7) is 4.91. The highest BCUT2D eigenvalue weighted by Crippen LogP contribution is 2.33. The third kappa shape index (κ3) is 4.28. The van der Waals surface area contributed by atoms with Crippen molar-refractivity contribution in [3.05, 3.63) is 66.2 Å². The van der Waals surface area contributed by atoms with Crippen LogP contribution in [-0.4, -0.2) is 42.9 Å². The molecule has 8 nitrogen and oxygen atoms in total. The molecule has 0 saturated heterocycles. The van der Waals surface area contributed by atoms with E-state index in [4.69, 9.17) is 4.98 Å². The number of nitrogens with one attached hydrogen (secondary N) is 2. The Bertz CT molecular complexity index is 1300. The van der Waals surface area contributed by atoms with E-state index in [-0.39, 0.29) is 12.4 Å². The molecule has 164 valence electrons. The number of aliphatic hydroxyl groups excluding tert-OH is 1. The molecule has 0 fully saturated rings. The van der Waals surface area contributed by atoms with E-state index in [0.717, 1.165) is 11.1 Å². The first kappa shape index (κ1) is 21.4. The molecule has 0 atom stereocenters. The number of aliphatic hydroxyl groups is 1. The van der Waals surface area contributed by atoms with Crippen LogP contribution in [0.15, 0.2) is 54.9 Å². The number of aromatic nitrogens is 4. The second-order valence-electron chi connectivity index (χ2n) is 8.12. The number of rotatable bonds is 5. The zero-order chi connectivity index (χ0) is 22.9. The first-order valence-electron chi connectivity index (χ1n) is 10.0. The first-order chi connectivity index (χ1) is 15.3. The zero-order valence-corrected chi connectivity index (χ0v) is 17.9. The van der Waals surface area contributed by atoms with Gasteiger partial charge in [0.25, 0.3) is 0 Å². The molecule has 1 aromatic carbocycles. The lowest BCUT2D eigenvalue weighted by molar-refractivity contribution is 0.187. The van der Waals surface area contributed by atoms with Crippen LogP contribution >= 0.6 is 0 Å². The van der Waals surface area contributed by atoms with Gasteiger partial charge in [0.15, 0.2) is 5.65 Å². The van der Waals surface area contributed by atoms with Gasteiger partial charge in [0, 0.05) is 23.5 Å². The average Bonchev–Trinajstić information content (AvgIpc) is 3.15. The van der Waals surface area contributed by atoms with Gasteiger partial charge in [-0.1, -0.05) is 0 Å². The monoisotopic (exact) mass is 434 g/mol. The number of amides is 2. The summed E-state index contributed by atoms with van der Waals surface area (Å²) < 4.78 is 15.5. The standard InChI is InChI=1S/C23H23FN6O2/c1-14-11-15(6-7-17(14)24)20-21(30-19(28-20)5-4-9-26-30)16-8-10-25-18(12-16)27-22(32)29-23(2,3)13-31/h4-12,31H,13H2,1-3H3,(H2,25,27,29,32). The van der Waals surface area contributed by atoms with Gasteiger partial charge < -0.3 is 10.4 Å². The van der Waals surface area contributed by atoms with E-state index >= 15 is 0 Å². The number of benzene rings is 1. The Kier molecular flexibility index (Phi) is 5.58. The van der Waals surface area contributed by atoms with Crippen molar-refractivity contribution < 1.29 is 14.3 Å². The van der Waals surface area contributed by atoms with Gasteiger partial charge in [-0.3, -0.25) is 5.32 Å². The molecule has 3 aromatic heterocycles. The van der Waals surface area contributed by atoms with E-state index in [1.807, 2.05) is 6.07 Å². The van der Waals surface area contributed by atoms with Crippen LogP contribution < -0.4 is 10.6 Å². The molecular formula is C23H23FN6O2. The number of hydrogen-bond donors (Lipinski definition) is 3. The van der Waals surface area contributed by atoms with Crippen LogP contribution in [0.25, 0.3) is 28.2 Å². The summed E-state index contributed by atoms with van der Waals surface area (Å²) in [5.41, 5.74) is 3.16. The summed E-state index contributed by atoms with van der Waals surface area (Å²) >= 11 is 0. The van der Waals surface area contributed by atoms with E-state index < -0.39 is 11.6 Å². The number of fused-ring (bicyclic) bond motifs is 1. The highest BCUT2D eigenvalue weighted by atomic mass is 19.1. The van der Waals surface area contributed by atoms with Gasteiger partial charge >= 0.3 is 6.03 Å². The second-order valence-corrected chi connectivity index (χ2v) is 8.12. The van der Waals surface area contributed by atoms with E-state index in [9.17, 15) is 14.3 Å². The fraction of sp³-hybridized carbons (Fsp3) is 0.217. The number of nitrogens with zero attached hydrogens (tertiary/aromatic N) is 4. The SMILES string of the molecule is Cc1cc(-c2nc3cccnn3c2-c2ccnc(NC(=O)NC(C)(C)CO)c2)ccc1F. The van der Waals surface area contributed by atoms with Gasteiger partial charge in [-0.05, 0) is 68.8 Å². The average molecular weight is 434 g/mol. The number of carbonyl (C=O) groups is 1. The Morgan fingerprint density at radius 1 is 1.16 bits per heavy atom. The molecule has 0 saturated carbocycles. The Labute approximate surface area is 184 Å². The van der Waals surface area contributed by atoms with Gasteiger partial charge in [0.2, 0.25) is 0 Å². The molecule has 2 amide bonds. The number of carbonyl (C=O) groups excluding carboxylic acids is 1. The van der Waals surface area contributed by atoms with Crippen molar-refractivity contribution in [1.82, 2.24) is 24.9 Å². The molecule has 0 unspecified atom stereocenters. The smallest absolute Gasteiger partial charge is 0.320 e. The van der Waals surface area contributed by atoms with E-state index in [1.54, 1.807) is 68.0 Å². The summed E-state index contributed by atoms with van der Waals surface area (Å²) in [4.78, 5) is 21.2. The van der Waals surface area contributed by atoms with Gasteiger partial charge in [-0.2, -0.15) is 5.10 Å². The quantitative estimate of drug-likeness (QED) is 0.443. The minimum absolute atomic E-state index is 0.207.